The number of carbonyl (C=O) groups excluding carboxylic acids is 2. The van der Waals surface area contributed by atoms with Crippen LogP contribution in [0.3, 0.4) is 0 Å². The molecule has 0 saturated carbocycles. The van der Waals surface area contributed by atoms with E-state index >= 15 is 0 Å². The summed E-state index contributed by atoms with van der Waals surface area (Å²) in [5.41, 5.74) is 5.21. The maximum absolute atomic E-state index is 11.4. The van der Waals surface area contributed by atoms with Crippen molar-refractivity contribution in [2.75, 3.05) is 6.54 Å². The number of nitrogens with two attached hydrogens (primary N) is 1. The van der Waals surface area contributed by atoms with E-state index in [2.05, 4.69) is 10.3 Å². The summed E-state index contributed by atoms with van der Waals surface area (Å²) in [6, 6.07) is -1.12. The average molecular weight is 257 g/mol. The van der Waals surface area contributed by atoms with Crippen molar-refractivity contribution in [2.24, 2.45) is 5.73 Å². The summed E-state index contributed by atoms with van der Waals surface area (Å²) in [5, 5.41) is 11.4. The van der Waals surface area contributed by atoms with Crippen LogP contribution in [0.4, 0.5) is 0 Å². The Morgan fingerprint density at radius 3 is 2.88 bits per heavy atom. The number of hydrogen-bond donors (Lipinski definition) is 3. The lowest BCUT2D eigenvalue weighted by Crippen LogP contribution is -2.42. The smallest absolute Gasteiger partial charge is 0.322 e. The number of nitrogens with one attached hydrogen (secondary N) is 1. The van der Waals surface area contributed by atoms with Crippen molar-refractivity contribution in [3.63, 3.8) is 0 Å². The van der Waals surface area contributed by atoms with Gasteiger partial charge in [-0.2, -0.15) is 0 Å². The number of aromatic nitrogens is 1. The van der Waals surface area contributed by atoms with E-state index in [-0.39, 0.29) is 18.9 Å². The fraction of sp³-hybridized carbons (Fsp3) is 0.333. The molecule has 0 aliphatic heterocycles. The van der Waals surface area contributed by atoms with Gasteiger partial charge in [-0.25, -0.2) is 4.98 Å². The van der Waals surface area contributed by atoms with Gasteiger partial charge >= 0.3 is 5.97 Å². The van der Waals surface area contributed by atoms with Crippen molar-refractivity contribution in [2.45, 2.75) is 12.5 Å². The van der Waals surface area contributed by atoms with Gasteiger partial charge in [-0.3, -0.25) is 14.4 Å². The van der Waals surface area contributed by atoms with E-state index in [1.807, 2.05) is 0 Å². The van der Waals surface area contributed by atoms with Crippen molar-refractivity contribution >= 4 is 29.5 Å². The van der Waals surface area contributed by atoms with E-state index in [9.17, 15) is 14.4 Å². The van der Waals surface area contributed by atoms with Gasteiger partial charge in [-0.1, -0.05) is 0 Å². The van der Waals surface area contributed by atoms with E-state index in [4.69, 9.17) is 10.8 Å². The molecule has 0 bridgehead atoms. The molecule has 0 saturated heterocycles. The van der Waals surface area contributed by atoms with Gasteiger partial charge in [0.2, 0.25) is 5.91 Å². The van der Waals surface area contributed by atoms with Crippen molar-refractivity contribution in [3.05, 3.63) is 16.1 Å². The monoisotopic (exact) mass is 257 g/mol. The summed E-state index contributed by atoms with van der Waals surface area (Å²) in [6.07, 6.45) is 2.04. The Balaban J connectivity index is 2.39. The maximum atomic E-state index is 11.4. The molecule has 1 aromatic rings. The van der Waals surface area contributed by atoms with Crippen molar-refractivity contribution in [1.82, 2.24) is 10.3 Å². The van der Waals surface area contributed by atoms with Gasteiger partial charge in [0.05, 0.1) is 11.3 Å². The van der Waals surface area contributed by atoms with Crippen LogP contribution in [0.5, 0.6) is 0 Å². The Labute approximate surface area is 101 Å². The summed E-state index contributed by atoms with van der Waals surface area (Å²) < 4.78 is 0. The molecule has 92 valence electrons. The number of carbonyl (C=O) groups is 3. The summed E-state index contributed by atoms with van der Waals surface area (Å²) in [6.45, 7) is -0.139. The molecule has 1 aromatic heterocycles. The molecule has 7 nitrogen and oxygen atoms in total. The second kappa shape index (κ2) is 6.06. The molecule has 1 atom stereocenters. The van der Waals surface area contributed by atoms with Crippen LogP contribution in [0.1, 0.15) is 14.7 Å². The highest BCUT2D eigenvalue weighted by atomic mass is 32.1. The first-order chi connectivity index (χ1) is 8.02. The molecule has 0 spiro atoms. The Hall–Kier alpha value is -1.80. The second-order valence-corrected chi connectivity index (χ2v) is 4.35. The number of aldehydes is 1. The third-order valence-electron chi connectivity index (χ3n) is 1.84. The minimum Gasteiger partial charge on any atom is -0.480 e. The van der Waals surface area contributed by atoms with Gasteiger partial charge in [0.25, 0.3) is 0 Å². The topological polar surface area (TPSA) is 122 Å². The van der Waals surface area contributed by atoms with Crippen LogP contribution in [-0.4, -0.2) is 40.8 Å². The number of amides is 1. The lowest BCUT2D eigenvalue weighted by Gasteiger charge is -2.07. The van der Waals surface area contributed by atoms with Crippen molar-refractivity contribution in [1.29, 1.82) is 0 Å². The lowest BCUT2D eigenvalue weighted by molar-refractivity contribution is -0.138. The number of hydrogen-bond acceptors (Lipinski definition) is 6. The average Bonchev–Trinajstić information content (AvgIpc) is 2.73. The zero-order chi connectivity index (χ0) is 12.8. The molecule has 0 fully saturated rings. The Kier molecular flexibility index (Phi) is 4.73. The second-order valence-electron chi connectivity index (χ2n) is 3.20. The highest BCUT2D eigenvalue weighted by Gasteiger charge is 2.13. The van der Waals surface area contributed by atoms with Crippen LogP contribution < -0.4 is 11.1 Å². The minimum atomic E-state index is -1.18. The van der Waals surface area contributed by atoms with Crippen LogP contribution in [0.25, 0.3) is 0 Å². The number of aliphatic carboxylic acids is 1. The predicted molar refractivity (Wildman–Crippen MR) is 59.8 cm³/mol. The number of thiazole rings is 1. The molecule has 4 N–H and O–H groups in total. The first kappa shape index (κ1) is 13.3. The zero-order valence-electron chi connectivity index (χ0n) is 8.75. The SMILES string of the molecule is N[C@H](CNC(=O)Cc1ncc(C=O)s1)C(=O)O. The molecule has 0 aliphatic carbocycles. The van der Waals surface area contributed by atoms with Gasteiger partial charge < -0.3 is 16.2 Å². The zero-order valence-corrected chi connectivity index (χ0v) is 9.57. The summed E-state index contributed by atoms with van der Waals surface area (Å²) in [4.78, 5) is 36.4. The van der Waals surface area contributed by atoms with Gasteiger partial charge in [0.15, 0.2) is 6.29 Å². The van der Waals surface area contributed by atoms with E-state index in [0.717, 1.165) is 11.3 Å². The first-order valence-electron chi connectivity index (χ1n) is 4.68. The largest absolute Gasteiger partial charge is 0.480 e. The van der Waals surface area contributed by atoms with Gasteiger partial charge in [-0.05, 0) is 0 Å². The third-order valence-corrected chi connectivity index (χ3v) is 2.76. The first-order valence-corrected chi connectivity index (χ1v) is 5.49. The van der Waals surface area contributed by atoms with Crippen LogP contribution in [0.15, 0.2) is 6.20 Å². The Morgan fingerprint density at radius 1 is 1.65 bits per heavy atom. The molecule has 1 rings (SSSR count). The summed E-state index contributed by atoms with van der Waals surface area (Å²) in [7, 11) is 0. The van der Waals surface area contributed by atoms with Crippen LogP contribution in [0, 0.1) is 0 Å². The minimum absolute atomic E-state index is 0.00481. The van der Waals surface area contributed by atoms with Gasteiger partial charge in [0, 0.05) is 12.7 Å². The van der Waals surface area contributed by atoms with E-state index in [1.165, 1.54) is 6.20 Å². The summed E-state index contributed by atoms with van der Waals surface area (Å²) >= 11 is 1.11. The quantitative estimate of drug-likeness (QED) is 0.563. The normalized spacial score (nSPS) is 11.8. The van der Waals surface area contributed by atoms with Crippen LogP contribution in [0.2, 0.25) is 0 Å². The number of carboxylic acids is 1. The molecule has 0 radical (unpaired) electrons. The molecule has 8 heteroatoms. The molecule has 1 heterocycles. The number of rotatable bonds is 6. The maximum Gasteiger partial charge on any atom is 0.322 e. The lowest BCUT2D eigenvalue weighted by atomic mass is 10.3. The molecular formula is C9H11N3O4S. The molecule has 1 amide bonds. The fourth-order valence-corrected chi connectivity index (χ4v) is 1.71. The predicted octanol–water partition coefficient (Wildman–Crippen LogP) is -0.974. The molecule has 0 aromatic carbocycles. The molecule has 0 aliphatic rings. The van der Waals surface area contributed by atoms with Crippen LogP contribution >= 0.6 is 11.3 Å². The number of nitrogens with zero attached hydrogens (tertiary/aromatic N) is 1. The van der Waals surface area contributed by atoms with Crippen molar-refractivity contribution in [3.8, 4) is 0 Å². The fourth-order valence-electron chi connectivity index (χ4n) is 0.972. The van der Waals surface area contributed by atoms with Gasteiger partial charge in [-0.15, -0.1) is 11.3 Å². The third kappa shape index (κ3) is 4.29. The van der Waals surface area contributed by atoms with Gasteiger partial charge in [0.1, 0.15) is 11.0 Å². The summed E-state index contributed by atoms with van der Waals surface area (Å²) in [5.74, 6) is -1.56. The van der Waals surface area contributed by atoms with Crippen LogP contribution in [-0.2, 0) is 16.0 Å². The highest BCUT2D eigenvalue weighted by Crippen LogP contribution is 2.10. The van der Waals surface area contributed by atoms with Crippen molar-refractivity contribution < 1.29 is 19.5 Å². The Bertz CT molecular complexity index is 432. The van der Waals surface area contributed by atoms with E-state index in [1.54, 1.807) is 0 Å². The molecule has 0 unspecified atom stereocenters. The number of carboxylic acid groups (broad SMARTS) is 1. The highest BCUT2D eigenvalue weighted by molar-refractivity contribution is 7.13. The van der Waals surface area contributed by atoms with E-state index in [0.29, 0.717) is 16.2 Å². The Morgan fingerprint density at radius 2 is 2.35 bits per heavy atom. The standard InChI is InChI=1S/C9H11N3O4S/c10-6(9(15)16)3-11-7(14)1-8-12-2-5(4-13)17-8/h2,4,6H,1,3,10H2,(H,11,14)(H,15,16)/t6-/m1/s1. The van der Waals surface area contributed by atoms with E-state index < -0.39 is 12.0 Å². The molecule has 17 heavy (non-hydrogen) atoms. The molecular weight excluding hydrogens is 246 g/mol.